The van der Waals surface area contributed by atoms with Gasteiger partial charge in [-0.2, -0.15) is 13.2 Å². The molecule has 3 nitrogen and oxygen atoms in total. The zero-order valence-corrected chi connectivity index (χ0v) is 17.2. The van der Waals surface area contributed by atoms with Crippen LogP contribution in [0.25, 0.3) is 0 Å². The van der Waals surface area contributed by atoms with Gasteiger partial charge in [-0.25, -0.2) is 0 Å². The van der Waals surface area contributed by atoms with E-state index in [2.05, 4.69) is 16.7 Å². The number of alkyl halides is 3. The van der Waals surface area contributed by atoms with Crippen LogP contribution in [-0.4, -0.2) is 48.7 Å². The zero-order valence-electron chi connectivity index (χ0n) is 17.2. The smallest absolute Gasteiger partial charge is 0.339 e. The molecule has 0 bridgehead atoms. The molecular formula is C20H32F3NO2. The lowest BCUT2D eigenvalue weighted by atomic mass is 9.90. The fourth-order valence-electron chi connectivity index (χ4n) is 2.91. The van der Waals surface area contributed by atoms with Crippen LogP contribution in [0.2, 0.25) is 0 Å². The lowest BCUT2D eigenvalue weighted by molar-refractivity contribution is -0.368. The lowest BCUT2D eigenvalue weighted by Gasteiger charge is -2.34. The van der Waals surface area contributed by atoms with Gasteiger partial charge in [0.1, 0.15) is 0 Å². The Morgan fingerprint density at radius 3 is 2.00 bits per heavy atom. The Hall–Kier alpha value is -1.03. The van der Waals surface area contributed by atoms with E-state index in [1.165, 1.54) is 6.92 Å². The minimum absolute atomic E-state index is 0.0984. The van der Waals surface area contributed by atoms with E-state index in [1.54, 1.807) is 13.8 Å². The summed E-state index contributed by atoms with van der Waals surface area (Å²) in [7, 11) is 0. The Labute approximate surface area is 155 Å². The highest BCUT2D eigenvalue weighted by Crippen LogP contribution is 2.51. The molecule has 1 unspecified atom stereocenters. The minimum Gasteiger partial charge on any atom is -0.339 e. The molecular weight excluding hydrogens is 343 g/mol. The average Bonchev–Trinajstić information content (AvgIpc) is 2.69. The van der Waals surface area contributed by atoms with Gasteiger partial charge in [0.05, 0.1) is 11.2 Å². The molecule has 0 saturated carbocycles. The molecule has 1 aliphatic heterocycles. The standard InChI is InChI=1S/C20H32F3NO2/c1-9-24(10-2)14-16-15(12-13-17(4,5)6)19(25-11-3,20(21,22)23)26-18(16,7)8/h9-11,14H2,1-8H3. The number of halogens is 3. The topological polar surface area (TPSA) is 21.7 Å². The van der Waals surface area contributed by atoms with Gasteiger partial charge in [0, 0.05) is 18.6 Å². The second-order valence-electron chi connectivity index (χ2n) is 7.97. The highest BCUT2D eigenvalue weighted by molar-refractivity contribution is 5.48. The van der Waals surface area contributed by atoms with Crippen LogP contribution in [0, 0.1) is 17.3 Å². The Morgan fingerprint density at radius 2 is 1.62 bits per heavy atom. The van der Waals surface area contributed by atoms with Crippen molar-refractivity contribution in [3.8, 4) is 11.8 Å². The molecule has 150 valence electrons. The summed E-state index contributed by atoms with van der Waals surface area (Å²) >= 11 is 0. The van der Waals surface area contributed by atoms with Gasteiger partial charge in [0.2, 0.25) is 0 Å². The summed E-state index contributed by atoms with van der Waals surface area (Å²) in [5, 5.41) is 0. The van der Waals surface area contributed by atoms with Gasteiger partial charge >= 0.3 is 12.0 Å². The molecule has 0 radical (unpaired) electrons. The Bertz CT molecular complexity index is 587. The van der Waals surface area contributed by atoms with Gasteiger partial charge in [-0.15, -0.1) is 0 Å². The van der Waals surface area contributed by atoms with Gasteiger partial charge in [-0.3, -0.25) is 4.90 Å². The molecule has 0 aromatic carbocycles. The molecule has 0 aromatic rings. The third-order valence-electron chi connectivity index (χ3n) is 4.32. The molecule has 1 atom stereocenters. The number of hydrogen-bond acceptors (Lipinski definition) is 3. The van der Waals surface area contributed by atoms with Crippen molar-refractivity contribution in [2.45, 2.75) is 73.0 Å². The second kappa shape index (κ2) is 7.92. The van der Waals surface area contributed by atoms with Crippen LogP contribution in [0.15, 0.2) is 11.1 Å². The largest absolute Gasteiger partial charge is 0.448 e. The van der Waals surface area contributed by atoms with E-state index < -0.39 is 23.0 Å². The number of hydrogen-bond donors (Lipinski definition) is 0. The van der Waals surface area contributed by atoms with E-state index in [0.717, 1.165) is 13.1 Å². The molecule has 0 spiro atoms. The predicted molar refractivity (Wildman–Crippen MR) is 97.6 cm³/mol. The predicted octanol–water partition coefficient (Wildman–Crippen LogP) is 4.78. The Kier molecular flexibility index (Phi) is 7.01. The zero-order chi connectivity index (χ0) is 20.4. The molecule has 0 aromatic heterocycles. The van der Waals surface area contributed by atoms with E-state index >= 15 is 0 Å². The van der Waals surface area contributed by atoms with E-state index in [1.807, 2.05) is 34.6 Å². The van der Waals surface area contributed by atoms with E-state index in [0.29, 0.717) is 12.1 Å². The molecule has 0 amide bonds. The normalized spacial score (nSPS) is 23.4. The summed E-state index contributed by atoms with van der Waals surface area (Å²) in [5.41, 5.74) is -1.14. The van der Waals surface area contributed by atoms with Crippen LogP contribution in [0.5, 0.6) is 0 Å². The molecule has 0 fully saturated rings. The third-order valence-corrected chi connectivity index (χ3v) is 4.32. The summed E-state index contributed by atoms with van der Waals surface area (Å²) < 4.78 is 53.2. The second-order valence-corrected chi connectivity index (χ2v) is 7.97. The van der Waals surface area contributed by atoms with Crippen molar-refractivity contribution in [1.82, 2.24) is 4.90 Å². The fraction of sp³-hybridized carbons (Fsp3) is 0.800. The van der Waals surface area contributed by atoms with E-state index in [4.69, 9.17) is 9.47 Å². The minimum atomic E-state index is -4.73. The van der Waals surface area contributed by atoms with Crippen molar-refractivity contribution in [3.05, 3.63) is 11.1 Å². The monoisotopic (exact) mass is 375 g/mol. The van der Waals surface area contributed by atoms with Crippen LogP contribution in [0.1, 0.15) is 55.4 Å². The van der Waals surface area contributed by atoms with Crippen LogP contribution >= 0.6 is 0 Å². The van der Waals surface area contributed by atoms with Crippen molar-refractivity contribution < 1.29 is 22.6 Å². The summed E-state index contributed by atoms with van der Waals surface area (Å²) in [4.78, 5) is 2.05. The molecule has 26 heavy (non-hydrogen) atoms. The first-order valence-corrected chi connectivity index (χ1v) is 9.14. The summed E-state index contributed by atoms with van der Waals surface area (Å²) in [6.45, 7) is 16.1. The van der Waals surface area contributed by atoms with Crippen molar-refractivity contribution in [3.63, 3.8) is 0 Å². The lowest BCUT2D eigenvalue weighted by Crippen LogP contribution is -2.51. The SMILES string of the molecule is CCOC1(C(F)(F)F)OC(C)(C)C(CN(CC)CC)=C1C#CC(C)(C)C. The maximum Gasteiger partial charge on any atom is 0.448 e. The van der Waals surface area contributed by atoms with Crippen LogP contribution in [0.3, 0.4) is 0 Å². The van der Waals surface area contributed by atoms with Gasteiger partial charge in [0.15, 0.2) is 0 Å². The van der Waals surface area contributed by atoms with E-state index in [9.17, 15) is 13.2 Å². The first kappa shape index (κ1) is 23.0. The number of likely N-dealkylation sites (N-methyl/N-ethyl adjacent to an activating group) is 1. The highest BCUT2D eigenvalue weighted by atomic mass is 19.4. The van der Waals surface area contributed by atoms with Crippen LogP contribution < -0.4 is 0 Å². The molecule has 0 aliphatic carbocycles. The highest BCUT2D eigenvalue weighted by Gasteiger charge is 2.67. The first-order valence-electron chi connectivity index (χ1n) is 9.14. The Morgan fingerprint density at radius 1 is 1.08 bits per heavy atom. The number of nitrogens with zero attached hydrogens (tertiary/aromatic N) is 1. The average molecular weight is 375 g/mol. The quantitative estimate of drug-likeness (QED) is 0.624. The van der Waals surface area contributed by atoms with Gasteiger partial charge in [-0.05, 0) is 60.2 Å². The van der Waals surface area contributed by atoms with Crippen molar-refractivity contribution in [2.75, 3.05) is 26.2 Å². The van der Waals surface area contributed by atoms with Crippen molar-refractivity contribution >= 4 is 0 Å². The third kappa shape index (κ3) is 4.82. The van der Waals surface area contributed by atoms with Gasteiger partial charge in [0.25, 0.3) is 0 Å². The van der Waals surface area contributed by atoms with Gasteiger partial charge in [-0.1, -0.05) is 25.7 Å². The summed E-state index contributed by atoms with van der Waals surface area (Å²) in [5.74, 6) is 2.92. The van der Waals surface area contributed by atoms with Crippen LogP contribution in [0.4, 0.5) is 13.2 Å². The molecule has 6 heteroatoms. The maximum atomic E-state index is 14.1. The molecule has 1 heterocycles. The maximum absolute atomic E-state index is 14.1. The van der Waals surface area contributed by atoms with Crippen molar-refractivity contribution in [2.24, 2.45) is 5.41 Å². The summed E-state index contributed by atoms with van der Waals surface area (Å²) in [6.07, 6.45) is -4.73. The number of ether oxygens (including phenoxy) is 2. The molecule has 1 rings (SSSR count). The first-order chi connectivity index (χ1) is 11.7. The van der Waals surface area contributed by atoms with Crippen molar-refractivity contribution in [1.29, 1.82) is 0 Å². The molecule has 1 aliphatic rings. The molecule has 0 saturated heterocycles. The number of rotatable bonds is 6. The Balaban J connectivity index is 3.70. The van der Waals surface area contributed by atoms with Crippen LogP contribution in [-0.2, 0) is 9.47 Å². The fourth-order valence-corrected chi connectivity index (χ4v) is 2.91. The summed E-state index contributed by atoms with van der Waals surface area (Å²) in [6, 6.07) is 0. The van der Waals surface area contributed by atoms with E-state index in [-0.39, 0.29) is 12.2 Å². The van der Waals surface area contributed by atoms with Gasteiger partial charge < -0.3 is 9.47 Å². The molecule has 0 N–H and O–H groups in total.